The Bertz CT molecular complexity index is 1100. The van der Waals surface area contributed by atoms with Crippen LogP contribution in [0.3, 0.4) is 0 Å². The summed E-state index contributed by atoms with van der Waals surface area (Å²) in [5, 5.41) is 1.05. The first-order chi connectivity index (χ1) is 13.6. The Morgan fingerprint density at radius 3 is 2.89 bits per heavy atom. The lowest BCUT2D eigenvalue weighted by atomic mass is 10.1. The minimum Gasteiger partial charge on any atom is -0.464 e. The maximum atomic E-state index is 12.9. The summed E-state index contributed by atoms with van der Waals surface area (Å²) in [4.78, 5) is 19.4. The molecule has 142 valence electrons. The molecule has 0 spiro atoms. The Morgan fingerprint density at radius 2 is 2.00 bits per heavy atom. The second kappa shape index (κ2) is 6.41. The van der Waals surface area contributed by atoms with Gasteiger partial charge in [0.15, 0.2) is 17.6 Å². The van der Waals surface area contributed by atoms with Crippen LogP contribution in [0.25, 0.3) is 10.9 Å². The number of carbonyl (C=O) groups excluding carboxylic acids is 1. The van der Waals surface area contributed by atoms with Crippen molar-refractivity contribution in [1.29, 1.82) is 0 Å². The summed E-state index contributed by atoms with van der Waals surface area (Å²) in [5.74, 6) is 1.93. The molecule has 3 heterocycles. The van der Waals surface area contributed by atoms with E-state index in [0.717, 1.165) is 33.3 Å². The van der Waals surface area contributed by atoms with Crippen LogP contribution in [0.2, 0.25) is 0 Å². The summed E-state index contributed by atoms with van der Waals surface area (Å²) in [5.41, 5.74) is 3.89. The quantitative estimate of drug-likeness (QED) is 0.684. The molecule has 0 radical (unpaired) electrons. The van der Waals surface area contributed by atoms with E-state index in [0.29, 0.717) is 24.7 Å². The van der Waals surface area contributed by atoms with Gasteiger partial charge in [-0.15, -0.1) is 0 Å². The molecule has 1 aromatic heterocycles. The largest absolute Gasteiger partial charge is 0.464 e. The van der Waals surface area contributed by atoms with Crippen molar-refractivity contribution in [2.24, 2.45) is 0 Å². The number of aromatic nitrogens is 1. The van der Waals surface area contributed by atoms with E-state index in [-0.39, 0.29) is 12.7 Å². The van der Waals surface area contributed by atoms with Crippen molar-refractivity contribution in [3.63, 3.8) is 0 Å². The number of benzene rings is 2. The van der Waals surface area contributed by atoms with Crippen LogP contribution in [0.4, 0.5) is 0 Å². The molecule has 3 aromatic rings. The normalized spacial score (nSPS) is 18.0. The first kappa shape index (κ1) is 16.9. The number of ether oxygens (including phenoxy) is 3. The van der Waals surface area contributed by atoms with Gasteiger partial charge < -0.3 is 19.1 Å². The molecule has 5 rings (SSSR count). The van der Waals surface area contributed by atoms with Crippen molar-refractivity contribution in [2.45, 2.75) is 33.0 Å². The average Bonchev–Trinajstić information content (AvgIpc) is 3.11. The van der Waals surface area contributed by atoms with Crippen molar-refractivity contribution < 1.29 is 19.0 Å². The van der Waals surface area contributed by atoms with E-state index in [1.54, 1.807) is 11.8 Å². The molecule has 2 aliphatic rings. The summed E-state index contributed by atoms with van der Waals surface area (Å²) in [6.07, 6.45) is -0.593. The fraction of sp³-hybridized carbons (Fsp3) is 0.273. The summed E-state index contributed by atoms with van der Waals surface area (Å²) in [6.45, 7) is 4.95. The van der Waals surface area contributed by atoms with E-state index >= 15 is 0 Å². The van der Waals surface area contributed by atoms with Crippen molar-refractivity contribution in [2.75, 3.05) is 6.79 Å². The second-order valence-electron chi connectivity index (χ2n) is 7.24. The predicted octanol–water partition coefficient (Wildman–Crippen LogP) is 3.58. The number of fused-ring (bicyclic) bond motifs is 3. The van der Waals surface area contributed by atoms with Crippen LogP contribution in [-0.2, 0) is 17.9 Å². The highest BCUT2D eigenvalue weighted by Gasteiger charge is 2.29. The minimum absolute atomic E-state index is 0.0588. The lowest BCUT2D eigenvalue weighted by molar-refractivity contribution is -0.138. The van der Waals surface area contributed by atoms with Gasteiger partial charge in [0, 0.05) is 17.5 Å². The highest BCUT2D eigenvalue weighted by molar-refractivity contribution is 5.85. The van der Waals surface area contributed by atoms with Gasteiger partial charge in [0.1, 0.15) is 0 Å². The van der Waals surface area contributed by atoms with Gasteiger partial charge in [-0.25, -0.2) is 4.98 Å². The standard InChI is InChI=1S/C22H20N2O4/c1-13-4-3-5-16-9-17-11-24(22(25)14(2)28-21(17)23-20(13)16)10-15-6-7-18-19(8-15)27-12-26-18/h3-9,14H,10-12H2,1-2H3/t14-/m0/s1. The number of nitrogens with zero attached hydrogens (tertiary/aromatic N) is 2. The SMILES string of the molecule is Cc1cccc2cc3c(nc12)O[C@@H](C)C(=O)N(Cc1ccc2c(c1)OCO2)C3. The molecule has 0 saturated heterocycles. The summed E-state index contributed by atoms with van der Waals surface area (Å²) >= 11 is 0. The average molecular weight is 376 g/mol. The van der Waals surface area contributed by atoms with Crippen LogP contribution < -0.4 is 14.2 Å². The van der Waals surface area contributed by atoms with E-state index < -0.39 is 6.10 Å². The molecular formula is C22H20N2O4. The maximum absolute atomic E-state index is 12.9. The third-order valence-corrected chi connectivity index (χ3v) is 5.21. The van der Waals surface area contributed by atoms with E-state index in [1.165, 1.54) is 0 Å². The fourth-order valence-corrected chi connectivity index (χ4v) is 3.74. The van der Waals surface area contributed by atoms with Crippen LogP contribution in [0.5, 0.6) is 17.4 Å². The zero-order valence-electron chi connectivity index (χ0n) is 15.8. The molecule has 0 unspecified atom stereocenters. The summed E-state index contributed by atoms with van der Waals surface area (Å²) in [7, 11) is 0. The molecule has 2 aromatic carbocycles. The molecule has 0 saturated carbocycles. The van der Waals surface area contributed by atoms with Crippen LogP contribution in [0.1, 0.15) is 23.6 Å². The number of aryl methyl sites for hydroxylation is 1. The van der Waals surface area contributed by atoms with Crippen LogP contribution in [0.15, 0.2) is 42.5 Å². The van der Waals surface area contributed by atoms with E-state index in [9.17, 15) is 4.79 Å². The molecule has 2 aliphatic heterocycles. The second-order valence-corrected chi connectivity index (χ2v) is 7.24. The smallest absolute Gasteiger partial charge is 0.264 e. The fourth-order valence-electron chi connectivity index (χ4n) is 3.74. The third-order valence-electron chi connectivity index (χ3n) is 5.21. The van der Waals surface area contributed by atoms with Gasteiger partial charge in [-0.2, -0.15) is 0 Å². The van der Waals surface area contributed by atoms with Gasteiger partial charge in [0.05, 0.1) is 12.1 Å². The van der Waals surface area contributed by atoms with Crippen LogP contribution in [0, 0.1) is 6.92 Å². The van der Waals surface area contributed by atoms with Crippen LogP contribution in [-0.4, -0.2) is 28.7 Å². The molecule has 0 N–H and O–H groups in total. The molecule has 1 atom stereocenters. The van der Waals surface area contributed by atoms with Crippen molar-refractivity contribution >= 4 is 16.8 Å². The Labute approximate surface area is 162 Å². The van der Waals surface area contributed by atoms with E-state index in [1.807, 2.05) is 43.3 Å². The number of pyridine rings is 1. The Kier molecular flexibility index (Phi) is 3.86. The molecular weight excluding hydrogens is 356 g/mol. The highest BCUT2D eigenvalue weighted by atomic mass is 16.7. The lowest BCUT2D eigenvalue weighted by Gasteiger charge is -2.22. The lowest BCUT2D eigenvalue weighted by Crippen LogP contribution is -2.37. The van der Waals surface area contributed by atoms with Gasteiger partial charge in [0.25, 0.3) is 5.91 Å². The molecule has 28 heavy (non-hydrogen) atoms. The topological polar surface area (TPSA) is 60.9 Å². The first-order valence-electron chi connectivity index (χ1n) is 9.32. The number of hydrogen-bond donors (Lipinski definition) is 0. The minimum atomic E-state index is -0.593. The van der Waals surface area contributed by atoms with Gasteiger partial charge in [-0.3, -0.25) is 4.79 Å². The monoisotopic (exact) mass is 376 g/mol. The molecule has 0 fully saturated rings. The Balaban J connectivity index is 1.50. The molecule has 0 aliphatic carbocycles. The van der Waals surface area contributed by atoms with Gasteiger partial charge in [0.2, 0.25) is 12.7 Å². The predicted molar refractivity (Wildman–Crippen MR) is 103 cm³/mol. The highest BCUT2D eigenvalue weighted by Crippen LogP contribution is 2.34. The first-order valence-corrected chi connectivity index (χ1v) is 9.32. The Morgan fingerprint density at radius 1 is 1.14 bits per heavy atom. The van der Waals surface area contributed by atoms with Crippen molar-refractivity contribution in [1.82, 2.24) is 9.88 Å². The van der Waals surface area contributed by atoms with Gasteiger partial charge in [-0.1, -0.05) is 24.3 Å². The Hall–Kier alpha value is -3.28. The van der Waals surface area contributed by atoms with Crippen LogP contribution >= 0.6 is 0 Å². The molecule has 0 bridgehead atoms. The number of rotatable bonds is 2. The van der Waals surface area contributed by atoms with E-state index in [4.69, 9.17) is 19.2 Å². The molecule has 1 amide bonds. The van der Waals surface area contributed by atoms with Crippen molar-refractivity contribution in [3.8, 4) is 17.4 Å². The summed E-state index contributed by atoms with van der Waals surface area (Å²) in [6, 6.07) is 13.9. The zero-order chi connectivity index (χ0) is 19.3. The van der Waals surface area contributed by atoms with Crippen molar-refractivity contribution in [3.05, 3.63) is 59.2 Å². The number of carbonyl (C=O) groups is 1. The van der Waals surface area contributed by atoms with Gasteiger partial charge >= 0.3 is 0 Å². The van der Waals surface area contributed by atoms with Gasteiger partial charge in [-0.05, 0) is 43.2 Å². The zero-order valence-corrected chi connectivity index (χ0v) is 15.8. The number of hydrogen-bond acceptors (Lipinski definition) is 5. The summed E-state index contributed by atoms with van der Waals surface area (Å²) < 4.78 is 16.8. The molecule has 6 nitrogen and oxygen atoms in total. The number of para-hydroxylation sites is 1. The maximum Gasteiger partial charge on any atom is 0.264 e. The molecule has 6 heteroatoms. The van der Waals surface area contributed by atoms with E-state index in [2.05, 4.69) is 6.07 Å². The number of amides is 1. The third kappa shape index (κ3) is 2.81.